The zero-order valence-corrected chi connectivity index (χ0v) is 20.9. The number of unbranched alkanes of at least 4 members (excludes halogenated alkanes) is 1. The molecular formula is C26H28N4O5S. The standard InChI is InChI=1S/C26H28N4O5S/c1-2-3-11-25-27-28-26(35-25)23-17-19-7-4-5-10-22(19)30(23)18-24(31)20-8-6-9-21(16-20)36(32,33)29-12-14-34-15-13-29/h4-10,16-17H,2-3,11-15,18H2,1H3. The highest BCUT2D eigenvalue weighted by atomic mass is 32.2. The molecule has 188 valence electrons. The number of carbonyl (C=O) groups is 1. The van der Waals surface area contributed by atoms with Gasteiger partial charge in [0, 0.05) is 36.0 Å². The first-order valence-electron chi connectivity index (χ1n) is 12.1. The largest absolute Gasteiger partial charge is 0.419 e. The summed E-state index contributed by atoms with van der Waals surface area (Å²) < 4.78 is 40.6. The second-order valence-electron chi connectivity index (χ2n) is 8.75. The topological polar surface area (TPSA) is 108 Å². The third kappa shape index (κ3) is 4.84. The lowest BCUT2D eigenvalue weighted by Gasteiger charge is -2.26. The van der Waals surface area contributed by atoms with Gasteiger partial charge in [0.2, 0.25) is 15.9 Å². The van der Waals surface area contributed by atoms with E-state index in [-0.39, 0.29) is 17.2 Å². The van der Waals surface area contributed by atoms with E-state index < -0.39 is 10.0 Å². The molecule has 2 aromatic heterocycles. The SMILES string of the molecule is CCCCc1nnc(-c2cc3ccccc3n2CC(=O)c2cccc(S(=O)(=O)N3CCOCC3)c2)o1. The summed E-state index contributed by atoms with van der Waals surface area (Å²) in [6, 6.07) is 15.9. The molecule has 2 aromatic carbocycles. The van der Waals surface area contributed by atoms with Gasteiger partial charge in [0.25, 0.3) is 5.89 Å². The van der Waals surface area contributed by atoms with Gasteiger partial charge in [0.05, 0.1) is 24.7 Å². The van der Waals surface area contributed by atoms with Crippen molar-refractivity contribution < 1.29 is 22.4 Å². The molecule has 1 aliphatic heterocycles. The fraction of sp³-hybridized carbons (Fsp3) is 0.346. The minimum Gasteiger partial charge on any atom is -0.419 e. The number of para-hydroxylation sites is 1. The van der Waals surface area contributed by atoms with E-state index >= 15 is 0 Å². The van der Waals surface area contributed by atoms with E-state index in [0.717, 1.165) is 23.7 Å². The number of fused-ring (bicyclic) bond motifs is 1. The molecule has 0 N–H and O–H groups in total. The average molecular weight is 509 g/mol. The fourth-order valence-corrected chi connectivity index (χ4v) is 5.80. The van der Waals surface area contributed by atoms with Crippen molar-refractivity contribution >= 4 is 26.7 Å². The van der Waals surface area contributed by atoms with E-state index in [1.165, 1.54) is 16.4 Å². The monoisotopic (exact) mass is 508 g/mol. The average Bonchev–Trinajstić information content (AvgIpc) is 3.53. The minimum absolute atomic E-state index is 0.00340. The number of nitrogens with zero attached hydrogens (tertiary/aromatic N) is 4. The van der Waals surface area contributed by atoms with Crippen molar-refractivity contribution in [1.82, 2.24) is 19.1 Å². The van der Waals surface area contributed by atoms with E-state index in [4.69, 9.17) is 9.15 Å². The number of hydrogen-bond acceptors (Lipinski definition) is 7. The number of sulfonamides is 1. The molecule has 4 aromatic rings. The summed E-state index contributed by atoms with van der Waals surface area (Å²) in [7, 11) is -3.71. The molecule has 0 amide bonds. The fourth-order valence-electron chi connectivity index (χ4n) is 4.34. The van der Waals surface area contributed by atoms with E-state index in [1.807, 2.05) is 34.9 Å². The molecule has 1 saturated heterocycles. The number of Topliss-reactive ketones (excluding diaryl/α,β-unsaturated/α-hetero) is 1. The van der Waals surface area contributed by atoms with Crippen LogP contribution in [0.2, 0.25) is 0 Å². The summed E-state index contributed by atoms with van der Waals surface area (Å²) in [6.07, 6.45) is 2.67. The third-order valence-electron chi connectivity index (χ3n) is 6.31. The first kappa shape index (κ1) is 24.4. The van der Waals surface area contributed by atoms with E-state index in [2.05, 4.69) is 17.1 Å². The Morgan fingerprint density at radius 3 is 2.64 bits per heavy atom. The van der Waals surface area contributed by atoms with Gasteiger partial charge in [-0.3, -0.25) is 4.79 Å². The van der Waals surface area contributed by atoms with Gasteiger partial charge in [0.15, 0.2) is 5.78 Å². The van der Waals surface area contributed by atoms with Crippen LogP contribution in [0.3, 0.4) is 0 Å². The highest BCUT2D eigenvalue weighted by Crippen LogP contribution is 2.28. The second kappa shape index (κ2) is 10.3. The van der Waals surface area contributed by atoms with Gasteiger partial charge in [-0.25, -0.2) is 8.42 Å². The van der Waals surface area contributed by atoms with Gasteiger partial charge < -0.3 is 13.7 Å². The molecule has 0 saturated carbocycles. The van der Waals surface area contributed by atoms with Crippen LogP contribution in [0.25, 0.3) is 22.5 Å². The summed E-state index contributed by atoms with van der Waals surface area (Å²) in [6.45, 7) is 3.40. The summed E-state index contributed by atoms with van der Waals surface area (Å²) >= 11 is 0. The van der Waals surface area contributed by atoms with Gasteiger partial charge in [-0.05, 0) is 30.7 Å². The Labute approximate surface area is 209 Å². The van der Waals surface area contributed by atoms with Crippen molar-refractivity contribution in [3.63, 3.8) is 0 Å². The number of rotatable bonds is 9. The van der Waals surface area contributed by atoms with Crippen molar-refractivity contribution in [2.45, 2.75) is 37.6 Å². The Kier molecular flexibility index (Phi) is 6.99. The minimum atomic E-state index is -3.71. The molecule has 0 unspecified atom stereocenters. The van der Waals surface area contributed by atoms with Crippen molar-refractivity contribution in [2.75, 3.05) is 26.3 Å². The number of morpholine rings is 1. The van der Waals surface area contributed by atoms with Crippen LogP contribution in [0.15, 0.2) is 63.9 Å². The molecule has 5 rings (SSSR count). The Hall–Kier alpha value is -3.34. The van der Waals surface area contributed by atoms with Crippen LogP contribution < -0.4 is 0 Å². The predicted molar refractivity (Wildman–Crippen MR) is 134 cm³/mol. The maximum absolute atomic E-state index is 13.4. The van der Waals surface area contributed by atoms with Crippen molar-refractivity contribution in [2.24, 2.45) is 0 Å². The Morgan fingerprint density at radius 2 is 1.83 bits per heavy atom. The molecule has 36 heavy (non-hydrogen) atoms. The van der Waals surface area contributed by atoms with Crippen LogP contribution in [0.5, 0.6) is 0 Å². The van der Waals surface area contributed by atoms with Crippen LogP contribution in [0.1, 0.15) is 36.0 Å². The van der Waals surface area contributed by atoms with E-state index in [1.54, 1.807) is 12.1 Å². The number of aromatic nitrogens is 3. The Bertz CT molecular complexity index is 1490. The van der Waals surface area contributed by atoms with Crippen LogP contribution in [0, 0.1) is 0 Å². The lowest BCUT2D eigenvalue weighted by Crippen LogP contribution is -2.40. The molecule has 0 radical (unpaired) electrons. The van der Waals surface area contributed by atoms with Crippen LogP contribution >= 0.6 is 0 Å². The number of hydrogen-bond donors (Lipinski definition) is 0. The van der Waals surface area contributed by atoms with E-state index in [9.17, 15) is 13.2 Å². The van der Waals surface area contributed by atoms with E-state index in [0.29, 0.717) is 55.8 Å². The number of ether oxygens (including phenoxy) is 1. The van der Waals surface area contributed by atoms with Gasteiger partial charge in [-0.2, -0.15) is 4.31 Å². The van der Waals surface area contributed by atoms with Crippen molar-refractivity contribution in [1.29, 1.82) is 0 Å². The maximum Gasteiger partial charge on any atom is 0.264 e. The van der Waals surface area contributed by atoms with Gasteiger partial charge in [-0.1, -0.05) is 43.7 Å². The highest BCUT2D eigenvalue weighted by molar-refractivity contribution is 7.89. The number of benzene rings is 2. The Balaban J connectivity index is 1.46. The molecule has 1 fully saturated rings. The van der Waals surface area contributed by atoms with Crippen LogP contribution in [-0.2, 0) is 27.7 Å². The number of aryl methyl sites for hydroxylation is 1. The first-order valence-corrected chi connectivity index (χ1v) is 13.5. The summed E-state index contributed by atoms with van der Waals surface area (Å²) in [5.74, 6) is 0.701. The van der Waals surface area contributed by atoms with Gasteiger partial charge >= 0.3 is 0 Å². The summed E-state index contributed by atoms with van der Waals surface area (Å²) in [5.41, 5.74) is 1.82. The van der Waals surface area contributed by atoms with Gasteiger partial charge in [-0.15, -0.1) is 10.2 Å². The van der Waals surface area contributed by atoms with Crippen LogP contribution in [-0.4, -0.2) is 59.6 Å². The van der Waals surface area contributed by atoms with Crippen molar-refractivity contribution in [3.8, 4) is 11.6 Å². The molecule has 0 aliphatic carbocycles. The predicted octanol–water partition coefficient (Wildman–Crippen LogP) is 3.94. The van der Waals surface area contributed by atoms with Crippen LogP contribution in [0.4, 0.5) is 0 Å². The normalized spacial score (nSPS) is 14.9. The second-order valence-corrected chi connectivity index (χ2v) is 10.7. The molecular weight excluding hydrogens is 480 g/mol. The smallest absolute Gasteiger partial charge is 0.264 e. The molecule has 9 nitrogen and oxygen atoms in total. The first-order chi connectivity index (χ1) is 17.5. The lowest BCUT2D eigenvalue weighted by molar-refractivity contribution is 0.0730. The maximum atomic E-state index is 13.4. The number of ketones is 1. The molecule has 1 aliphatic rings. The molecule has 0 bridgehead atoms. The molecule has 0 atom stereocenters. The zero-order chi connectivity index (χ0) is 25.1. The highest BCUT2D eigenvalue weighted by Gasteiger charge is 2.27. The molecule has 10 heteroatoms. The summed E-state index contributed by atoms with van der Waals surface area (Å²) in [4.78, 5) is 13.5. The third-order valence-corrected chi connectivity index (χ3v) is 8.20. The quantitative estimate of drug-likeness (QED) is 0.315. The van der Waals surface area contributed by atoms with Crippen molar-refractivity contribution in [3.05, 3.63) is 66.1 Å². The lowest BCUT2D eigenvalue weighted by atomic mass is 10.1. The zero-order valence-electron chi connectivity index (χ0n) is 20.1. The molecule has 0 spiro atoms. The van der Waals surface area contributed by atoms with Gasteiger partial charge in [0.1, 0.15) is 5.69 Å². The summed E-state index contributed by atoms with van der Waals surface area (Å²) in [5, 5.41) is 9.34. The number of carbonyl (C=O) groups excluding carboxylic acids is 1. The molecule has 3 heterocycles. The Morgan fingerprint density at radius 1 is 1.03 bits per heavy atom.